The Hall–Kier alpha value is -3.06. The van der Waals surface area contributed by atoms with E-state index in [-0.39, 0.29) is 24.4 Å². The second-order valence-corrected chi connectivity index (χ2v) is 8.71. The third-order valence-electron chi connectivity index (χ3n) is 4.55. The Kier molecular flexibility index (Phi) is 7.68. The number of phenolic OH excluding ortho intramolecular Hbond substituents is 1. The van der Waals surface area contributed by atoms with Gasteiger partial charge in [0.1, 0.15) is 24.7 Å². The van der Waals surface area contributed by atoms with Crippen LogP contribution in [0.2, 0.25) is 5.02 Å². The van der Waals surface area contributed by atoms with Crippen molar-refractivity contribution in [3.8, 4) is 11.5 Å². The molecule has 1 aromatic heterocycles. The van der Waals surface area contributed by atoms with Crippen molar-refractivity contribution >= 4 is 34.3 Å². The molecule has 0 spiro atoms. The van der Waals surface area contributed by atoms with Crippen LogP contribution in [0.4, 0.5) is 5.69 Å². The van der Waals surface area contributed by atoms with E-state index in [2.05, 4.69) is 16.8 Å². The van der Waals surface area contributed by atoms with Gasteiger partial charge in [0, 0.05) is 21.7 Å². The molecule has 1 heterocycles. The quantitative estimate of drug-likeness (QED) is 0.141. The number of rotatable bonds is 5. The van der Waals surface area contributed by atoms with E-state index in [9.17, 15) is 9.90 Å². The molecule has 0 aliphatic carbocycles. The maximum absolute atomic E-state index is 11.3. The predicted molar refractivity (Wildman–Crippen MR) is 125 cm³/mol. The largest absolute Gasteiger partial charge is 0.505 e. The van der Waals surface area contributed by atoms with Crippen molar-refractivity contribution in [3.05, 3.63) is 52.6 Å². The summed E-state index contributed by atoms with van der Waals surface area (Å²) in [6.45, 7) is 13.2. The number of esters is 1. The first-order valence-electron chi connectivity index (χ1n) is 9.81. The third kappa shape index (κ3) is 6.21. The number of carbonyl (C=O) groups is 1. The van der Waals surface area contributed by atoms with E-state index < -0.39 is 5.97 Å². The summed E-state index contributed by atoms with van der Waals surface area (Å²) in [5.74, 6) is 0.143. The fraction of sp³-hybridized carbons (Fsp3) is 0.348. The van der Waals surface area contributed by atoms with Crippen LogP contribution in [0.15, 0.2) is 36.4 Å². The zero-order valence-electron chi connectivity index (χ0n) is 18.6. The summed E-state index contributed by atoms with van der Waals surface area (Å²) in [5, 5.41) is 16.6. The molecule has 7 nitrogen and oxygen atoms in total. The van der Waals surface area contributed by atoms with Crippen LogP contribution >= 0.6 is 11.6 Å². The lowest BCUT2D eigenvalue weighted by Crippen LogP contribution is -2.18. The zero-order chi connectivity index (χ0) is 23.3. The number of nitrogens with two attached hydrogens (primary N) is 1. The molecule has 0 saturated carbocycles. The van der Waals surface area contributed by atoms with E-state index in [4.69, 9.17) is 26.8 Å². The van der Waals surface area contributed by atoms with Gasteiger partial charge >= 0.3 is 5.97 Å². The van der Waals surface area contributed by atoms with Gasteiger partial charge in [-0.25, -0.2) is 4.79 Å². The van der Waals surface area contributed by atoms with Crippen LogP contribution in [0.5, 0.6) is 11.5 Å². The molecule has 3 aromatic rings. The molecular formula is C23H30ClN3O4. The van der Waals surface area contributed by atoms with E-state index in [0.29, 0.717) is 22.6 Å². The summed E-state index contributed by atoms with van der Waals surface area (Å²) >= 11 is 5.68. The number of carbonyl (C=O) groups excluding carboxylic acids is 1. The van der Waals surface area contributed by atoms with Crippen molar-refractivity contribution in [2.75, 3.05) is 18.9 Å². The molecule has 0 amide bonds. The van der Waals surface area contributed by atoms with Crippen LogP contribution in [0.25, 0.3) is 11.0 Å². The summed E-state index contributed by atoms with van der Waals surface area (Å²) in [7, 11) is 0. The SMILES string of the molecule is C=C(C)C(=O)OCCOc1c(C(C)(C)C)cc(N)c(O)c1C.Clc1ccc2[nH][nH]c2c1. The van der Waals surface area contributed by atoms with Gasteiger partial charge in [-0.3, -0.25) is 10.2 Å². The monoisotopic (exact) mass is 447 g/mol. The minimum Gasteiger partial charge on any atom is -0.505 e. The first kappa shape index (κ1) is 24.2. The Morgan fingerprint density at radius 3 is 2.32 bits per heavy atom. The Labute approximate surface area is 187 Å². The summed E-state index contributed by atoms with van der Waals surface area (Å²) in [6, 6.07) is 7.40. The molecule has 0 aliphatic heterocycles. The number of fused-ring (bicyclic) bond motifs is 1. The van der Waals surface area contributed by atoms with Crippen LogP contribution in [-0.2, 0) is 14.9 Å². The maximum atomic E-state index is 11.3. The van der Waals surface area contributed by atoms with E-state index in [1.54, 1.807) is 19.9 Å². The molecule has 0 saturated heterocycles. The van der Waals surface area contributed by atoms with E-state index in [1.165, 1.54) is 0 Å². The number of aromatic hydroxyl groups is 1. The molecule has 0 fully saturated rings. The first-order valence-corrected chi connectivity index (χ1v) is 10.2. The number of aromatic nitrogens is 2. The van der Waals surface area contributed by atoms with E-state index in [0.717, 1.165) is 21.6 Å². The minimum atomic E-state index is -0.448. The van der Waals surface area contributed by atoms with E-state index in [1.807, 2.05) is 39.0 Å². The molecule has 2 aromatic carbocycles. The van der Waals surface area contributed by atoms with Crippen LogP contribution in [0, 0.1) is 6.92 Å². The average Bonchev–Trinajstić information content (AvgIpc) is 2.66. The van der Waals surface area contributed by atoms with Crippen molar-refractivity contribution in [3.63, 3.8) is 0 Å². The second-order valence-electron chi connectivity index (χ2n) is 8.27. The van der Waals surface area contributed by atoms with Crippen molar-refractivity contribution in [2.45, 2.75) is 40.0 Å². The number of hydrogen-bond acceptors (Lipinski definition) is 5. The Morgan fingerprint density at radius 1 is 1.19 bits per heavy atom. The van der Waals surface area contributed by atoms with Crippen LogP contribution in [-0.4, -0.2) is 34.5 Å². The molecule has 3 rings (SSSR count). The number of nitrogens with one attached hydrogen (secondary N) is 2. The van der Waals surface area contributed by atoms with Crippen molar-refractivity contribution < 1.29 is 19.4 Å². The Morgan fingerprint density at radius 2 is 1.84 bits per heavy atom. The molecule has 31 heavy (non-hydrogen) atoms. The van der Waals surface area contributed by atoms with Gasteiger partial charge in [0.2, 0.25) is 0 Å². The highest BCUT2D eigenvalue weighted by atomic mass is 35.5. The summed E-state index contributed by atoms with van der Waals surface area (Å²) in [6.07, 6.45) is 0. The number of ether oxygens (including phenoxy) is 2. The fourth-order valence-electron chi connectivity index (χ4n) is 2.76. The highest BCUT2D eigenvalue weighted by molar-refractivity contribution is 6.31. The summed E-state index contributed by atoms with van der Waals surface area (Å²) in [5.41, 5.74) is 9.96. The first-order chi connectivity index (χ1) is 14.4. The normalized spacial score (nSPS) is 11.0. The number of nitrogen functional groups attached to an aromatic ring is 1. The van der Waals surface area contributed by atoms with Crippen molar-refractivity contribution in [2.24, 2.45) is 0 Å². The lowest BCUT2D eigenvalue weighted by Gasteiger charge is -2.25. The standard InChI is InChI=1S/C17H25NO4.C6H5ClN2/c1-10(2)16(20)22-8-7-21-15-11(3)14(19)13(18)9-12(15)17(4,5)6;7-4-1-2-5-6(3-4)9-8-5/h9,19H,1,7-8,18H2,2-6H3;1-3,8-9H. The average molecular weight is 448 g/mol. The number of H-pyrrole nitrogens is 2. The van der Waals surface area contributed by atoms with E-state index >= 15 is 0 Å². The molecule has 0 unspecified atom stereocenters. The van der Waals surface area contributed by atoms with Crippen molar-refractivity contribution in [1.29, 1.82) is 0 Å². The number of anilines is 1. The topological polar surface area (TPSA) is 113 Å². The van der Waals surface area contributed by atoms with Gasteiger partial charge in [-0.15, -0.1) is 0 Å². The number of benzene rings is 2. The minimum absolute atomic E-state index is 0.0157. The van der Waals surface area contributed by atoms with Crippen LogP contribution < -0.4 is 10.5 Å². The molecule has 0 aliphatic rings. The van der Waals surface area contributed by atoms with Gasteiger partial charge in [0.05, 0.1) is 16.7 Å². The molecule has 0 atom stereocenters. The fourth-order valence-corrected chi connectivity index (χ4v) is 2.93. The number of aromatic amines is 2. The van der Waals surface area contributed by atoms with Gasteiger partial charge in [-0.05, 0) is 43.5 Å². The summed E-state index contributed by atoms with van der Waals surface area (Å²) < 4.78 is 10.7. The number of phenols is 1. The molecule has 5 N–H and O–H groups in total. The zero-order valence-corrected chi connectivity index (χ0v) is 19.3. The van der Waals surface area contributed by atoms with Gasteiger partial charge in [0.25, 0.3) is 0 Å². The van der Waals surface area contributed by atoms with Gasteiger partial charge in [-0.2, -0.15) is 0 Å². The smallest absolute Gasteiger partial charge is 0.333 e. The van der Waals surface area contributed by atoms with Gasteiger partial charge in [0.15, 0.2) is 0 Å². The number of hydrogen-bond donors (Lipinski definition) is 4. The Balaban J connectivity index is 0.000000309. The highest BCUT2D eigenvalue weighted by Crippen LogP contribution is 2.41. The molecular weight excluding hydrogens is 418 g/mol. The highest BCUT2D eigenvalue weighted by Gasteiger charge is 2.24. The van der Waals surface area contributed by atoms with Gasteiger partial charge < -0.3 is 20.3 Å². The predicted octanol–water partition coefficient (Wildman–Crippen LogP) is 5.23. The lowest BCUT2D eigenvalue weighted by atomic mass is 9.84. The lowest BCUT2D eigenvalue weighted by molar-refractivity contribution is -0.139. The molecule has 168 valence electrons. The van der Waals surface area contributed by atoms with Crippen molar-refractivity contribution in [1.82, 2.24) is 10.2 Å². The number of halogens is 1. The van der Waals surface area contributed by atoms with Crippen LogP contribution in [0.3, 0.4) is 0 Å². The van der Waals surface area contributed by atoms with Gasteiger partial charge in [-0.1, -0.05) is 39.0 Å². The van der Waals surface area contributed by atoms with Crippen LogP contribution in [0.1, 0.15) is 38.8 Å². The summed E-state index contributed by atoms with van der Waals surface area (Å²) in [4.78, 5) is 11.3. The molecule has 0 bridgehead atoms. The Bertz CT molecular complexity index is 1080. The molecule has 8 heteroatoms. The third-order valence-corrected chi connectivity index (χ3v) is 4.78. The second kappa shape index (κ2) is 9.83. The molecule has 0 radical (unpaired) electrons. The maximum Gasteiger partial charge on any atom is 0.333 e.